The molecule has 3 N–H and O–H groups in total. The topological polar surface area (TPSA) is 90.2 Å². The number of carbonyl (C=O) groups is 1. The summed E-state index contributed by atoms with van der Waals surface area (Å²) in [7, 11) is -3.50. The zero-order valence-electron chi connectivity index (χ0n) is 12.1. The van der Waals surface area contributed by atoms with Gasteiger partial charge in [-0.25, -0.2) is 13.5 Å². The van der Waals surface area contributed by atoms with Crippen LogP contribution in [0.15, 0.2) is 41.3 Å². The molecular weight excluding hydrogens is 325 g/mol. The van der Waals surface area contributed by atoms with Gasteiger partial charge in [0, 0.05) is 0 Å². The summed E-state index contributed by atoms with van der Waals surface area (Å²) >= 11 is 0. The second kappa shape index (κ2) is 5.41. The highest BCUT2D eigenvalue weighted by Gasteiger charge is 2.36. The molecule has 3 rings (SSSR count). The number of rotatable bonds is 2. The third-order valence-corrected chi connectivity index (χ3v) is 5.55. The number of carboxylic acid groups (broad SMARTS) is 1. The average molecular weight is 339 g/mol. The molecule has 0 saturated carbocycles. The summed E-state index contributed by atoms with van der Waals surface area (Å²) < 4.78 is 42.0. The standard InChI is InChI=1S/C15H14FNO5S/c1-9-3-2-4-13-14(9)23(20,21)17(8-22-13)12-6-5-10(15(18)19)7-11(12)16/h2-7,20-21H,8H2,1H3,(H,18,19). The van der Waals surface area contributed by atoms with Crippen LogP contribution in [0.3, 0.4) is 0 Å². The zero-order chi connectivity index (χ0) is 16.8. The van der Waals surface area contributed by atoms with Crippen molar-refractivity contribution in [1.29, 1.82) is 0 Å². The predicted octanol–water partition coefficient (Wildman–Crippen LogP) is 3.71. The monoisotopic (exact) mass is 339 g/mol. The van der Waals surface area contributed by atoms with Crippen molar-refractivity contribution in [2.75, 3.05) is 11.0 Å². The van der Waals surface area contributed by atoms with Crippen LogP contribution in [-0.4, -0.2) is 26.9 Å². The van der Waals surface area contributed by atoms with Gasteiger partial charge in [0.05, 0.1) is 11.3 Å². The van der Waals surface area contributed by atoms with E-state index in [0.29, 0.717) is 11.3 Å². The number of halogens is 1. The quantitative estimate of drug-likeness (QED) is 0.773. The summed E-state index contributed by atoms with van der Waals surface area (Å²) in [4.78, 5) is 11.1. The van der Waals surface area contributed by atoms with Gasteiger partial charge in [-0.1, -0.05) is 22.9 Å². The number of fused-ring (bicyclic) bond motifs is 1. The Kier molecular flexibility index (Phi) is 3.67. The maximum Gasteiger partial charge on any atom is 0.335 e. The molecule has 2 aromatic carbocycles. The van der Waals surface area contributed by atoms with Crippen molar-refractivity contribution >= 4 is 22.4 Å². The number of hydrogen-bond donors (Lipinski definition) is 3. The first-order chi connectivity index (χ1) is 10.8. The van der Waals surface area contributed by atoms with Gasteiger partial charge in [-0.15, -0.1) is 0 Å². The molecular formula is C15H14FNO5S. The highest BCUT2D eigenvalue weighted by molar-refractivity contribution is 8.25. The first-order valence-electron chi connectivity index (χ1n) is 6.63. The summed E-state index contributed by atoms with van der Waals surface area (Å²) in [6.45, 7) is 1.44. The first-order valence-corrected chi connectivity index (χ1v) is 8.14. The van der Waals surface area contributed by atoms with Gasteiger partial charge in [0.1, 0.15) is 16.5 Å². The van der Waals surface area contributed by atoms with E-state index in [4.69, 9.17) is 9.84 Å². The van der Waals surface area contributed by atoms with Gasteiger partial charge in [0.25, 0.3) is 0 Å². The number of hydrogen-bond acceptors (Lipinski definition) is 5. The van der Waals surface area contributed by atoms with Gasteiger partial charge in [0.2, 0.25) is 0 Å². The van der Waals surface area contributed by atoms with Crippen molar-refractivity contribution in [2.24, 2.45) is 0 Å². The molecule has 122 valence electrons. The maximum atomic E-state index is 14.2. The Morgan fingerprint density at radius 1 is 1.30 bits per heavy atom. The van der Waals surface area contributed by atoms with Crippen LogP contribution in [0.5, 0.6) is 5.75 Å². The van der Waals surface area contributed by atoms with Crippen molar-refractivity contribution in [1.82, 2.24) is 0 Å². The fourth-order valence-electron chi connectivity index (χ4n) is 2.45. The first kappa shape index (κ1) is 15.6. The van der Waals surface area contributed by atoms with E-state index < -0.39 is 22.6 Å². The van der Waals surface area contributed by atoms with Crippen LogP contribution in [0.4, 0.5) is 10.1 Å². The molecule has 0 aliphatic carbocycles. The van der Waals surface area contributed by atoms with E-state index in [9.17, 15) is 18.3 Å². The minimum atomic E-state index is -3.50. The van der Waals surface area contributed by atoms with Crippen LogP contribution in [0, 0.1) is 12.7 Å². The Balaban J connectivity index is 2.09. The molecule has 8 heteroatoms. The molecule has 0 unspecified atom stereocenters. The third-order valence-electron chi connectivity index (χ3n) is 3.56. The number of ether oxygens (including phenoxy) is 1. The van der Waals surface area contributed by atoms with Gasteiger partial charge in [-0.05, 0) is 36.8 Å². The van der Waals surface area contributed by atoms with Crippen LogP contribution in [-0.2, 0) is 0 Å². The van der Waals surface area contributed by atoms with E-state index >= 15 is 0 Å². The van der Waals surface area contributed by atoms with Crippen molar-refractivity contribution in [3.63, 3.8) is 0 Å². The minimum Gasteiger partial charge on any atom is -0.478 e. The molecule has 0 spiro atoms. The van der Waals surface area contributed by atoms with Crippen LogP contribution < -0.4 is 9.04 Å². The average Bonchev–Trinajstić information content (AvgIpc) is 2.47. The number of anilines is 1. The molecule has 2 aromatic rings. The third kappa shape index (κ3) is 2.50. The van der Waals surface area contributed by atoms with Gasteiger partial charge in [-0.3, -0.25) is 9.11 Å². The molecule has 0 radical (unpaired) electrons. The van der Waals surface area contributed by atoms with Gasteiger partial charge in [0.15, 0.2) is 6.73 Å². The highest BCUT2D eigenvalue weighted by Crippen LogP contribution is 2.60. The summed E-state index contributed by atoms with van der Waals surface area (Å²) in [6.07, 6.45) is 0. The lowest BCUT2D eigenvalue weighted by atomic mass is 10.2. The zero-order valence-corrected chi connectivity index (χ0v) is 12.9. The minimum absolute atomic E-state index is 0.135. The van der Waals surface area contributed by atoms with Crippen molar-refractivity contribution in [3.8, 4) is 5.75 Å². The molecule has 6 nitrogen and oxygen atoms in total. The molecule has 0 amide bonds. The van der Waals surface area contributed by atoms with E-state index in [1.54, 1.807) is 25.1 Å². The number of carboxylic acids is 1. The summed E-state index contributed by atoms with van der Waals surface area (Å²) in [5, 5.41) is 8.88. The van der Waals surface area contributed by atoms with Crippen molar-refractivity contribution in [3.05, 3.63) is 53.3 Å². The second-order valence-corrected chi connectivity index (χ2v) is 6.93. The smallest absolute Gasteiger partial charge is 0.335 e. The predicted molar refractivity (Wildman–Crippen MR) is 83.6 cm³/mol. The van der Waals surface area contributed by atoms with E-state index in [1.165, 1.54) is 12.1 Å². The Morgan fingerprint density at radius 2 is 2.04 bits per heavy atom. The van der Waals surface area contributed by atoms with E-state index in [2.05, 4.69) is 0 Å². The van der Waals surface area contributed by atoms with E-state index in [1.807, 2.05) is 0 Å². The molecule has 1 heterocycles. The molecule has 0 fully saturated rings. The second-order valence-electron chi connectivity index (χ2n) is 5.04. The normalized spacial score (nSPS) is 17.1. The van der Waals surface area contributed by atoms with Crippen LogP contribution in [0.2, 0.25) is 0 Å². The number of aryl methyl sites for hydroxylation is 1. The highest BCUT2D eigenvalue weighted by atomic mass is 32.3. The van der Waals surface area contributed by atoms with Crippen LogP contribution in [0.25, 0.3) is 0 Å². The Hall–Kier alpha value is -2.29. The lowest BCUT2D eigenvalue weighted by Gasteiger charge is -2.47. The van der Waals surface area contributed by atoms with E-state index in [-0.39, 0.29) is 22.9 Å². The molecule has 0 saturated heterocycles. The van der Waals surface area contributed by atoms with Gasteiger partial charge in [-0.2, -0.15) is 0 Å². The SMILES string of the molecule is Cc1cccc2c1S(O)(O)N(c1ccc(C(=O)O)cc1F)CO2. The number of benzene rings is 2. The van der Waals surface area contributed by atoms with Gasteiger partial charge >= 0.3 is 5.97 Å². The van der Waals surface area contributed by atoms with Crippen LogP contribution in [0.1, 0.15) is 15.9 Å². The lowest BCUT2D eigenvalue weighted by molar-refractivity contribution is 0.0696. The van der Waals surface area contributed by atoms with Crippen LogP contribution >= 0.6 is 10.8 Å². The summed E-state index contributed by atoms with van der Waals surface area (Å²) in [5.74, 6) is -1.80. The van der Waals surface area contributed by atoms with E-state index in [0.717, 1.165) is 10.4 Å². The molecule has 1 aliphatic heterocycles. The number of nitrogens with zero attached hydrogens (tertiary/aromatic N) is 1. The molecule has 1 aliphatic rings. The Labute approximate surface area is 133 Å². The molecule has 0 bridgehead atoms. The molecule has 23 heavy (non-hydrogen) atoms. The largest absolute Gasteiger partial charge is 0.478 e. The van der Waals surface area contributed by atoms with Gasteiger partial charge < -0.3 is 9.84 Å². The Morgan fingerprint density at radius 3 is 2.70 bits per heavy atom. The fourth-order valence-corrected chi connectivity index (χ4v) is 4.19. The molecule has 0 aromatic heterocycles. The number of aromatic carboxylic acids is 1. The van der Waals surface area contributed by atoms with Crippen molar-refractivity contribution in [2.45, 2.75) is 11.8 Å². The summed E-state index contributed by atoms with van der Waals surface area (Å²) in [5.41, 5.74) is 0.246. The fraction of sp³-hybridized carbons (Fsp3) is 0.133. The molecule has 0 atom stereocenters. The Bertz CT molecular complexity index is 795. The van der Waals surface area contributed by atoms with Crippen molar-refractivity contribution < 1.29 is 28.1 Å². The summed E-state index contributed by atoms with van der Waals surface area (Å²) in [6, 6.07) is 8.26. The maximum absolute atomic E-state index is 14.2. The lowest BCUT2D eigenvalue weighted by Crippen LogP contribution is -2.36.